The van der Waals surface area contributed by atoms with E-state index in [0.717, 1.165) is 0 Å². The number of hydrogen-bond donors (Lipinski definition) is 0. The number of fused-ring (bicyclic) bond motifs is 1. The van der Waals surface area contributed by atoms with Crippen molar-refractivity contribution in [3.8, 4) is 6.07 Å². The zero-order valence-corrected chi connectivity index (χ0v) is 10.5. The van der Waals surface area contributed by atoms with Crippen molar-refractivity contribution >= 4 is 17.1 Å². The average molecular weight is 243 g/mol. The summed E-state index contributed by atoms with van der Waals surface area (Å²) in [5.74, 6) is 0. The minimum Gasteiger partial charge on any atom is -0.443 e. The second-order valence-corrected chi connectivity index (χ2v) is 4.88. The lowest BCUT2D eigenvalue weighted by Gasteiger charge is -2.19. The highest BCUT2D eigenvalue weighted by atomic mass is 16.6. The molecule has 0 fully saturated rings. The van der Waals surface area contributed by atoms with Gasteiger partial charge in [0.15, 0.2) is 0 Å². The number of carbonyl (C=O) groups excluding carboxylic acids is 1. The van der Waals surface area contributed by atoms with E-state index in [1.165, 1.54) is 4.57 Å². The quantitative estimate of drug-likeness (QED) is 0.713. The molecule has 2 aromatic heterocycles. The second kappa shape index (κ2) is 4.15. The maximum atomic E-state index is 11.9. The van der Waals surface area contributed by atoms with Gasteiger partial charge in [0.1, 0.15) is 17.4 Å². The van der Waals surface area contributed by atoms with Crippen LogP contribution in [0.1, 0.15) is 26.5 Å². The first-order valence-electron chi connectivity index (χ1n) is 5.52. The summed E-state index contributed by atoms with van der Waals surface area (Å²) in [5.41, 5.74) is 1.00. The molecular weight excluding hydrogens is 230 g/mol. The molecule has 2 aromatic rings. The van der Waals surface area contributed by atoms with E-state index in [9.17, 15) is 4.79 Å². The van der Waals surface area contributed by atoms with Crippen molar-refractivity contribution in [2.45, 2.75) is 26.4 Å². The van der Waals surface area contributed by atoms with Crippen molar-refractivity contribution < 1.29 is 9.53 Å². The van der Waals surface area contributed by atoms with E-state index in [2.05, 4.69) is 4.98 Å². The SMILES string of the molecule is CC(C)(C)OC(=O)n1ccc2nc(C#N)ccc21. The van der Waals surface area contributed by atoms with Crippen LogP contribution in [0.3, 0.4) is 0 Å². The highest BCUT2D eigenvalue weighted by Gasteiger charge is 2.19. The normalized spacial score (nSPS) is 11.2. The molecule has 0 spiro atoms. The van der Waals surface area contributed by atoms with Crippen LogP contribution in [0.2, 0.25) is 0 Å². The van der Waals surface area contributed by atoms with Crippen LogP contribution in [0.5, 0.6) is 0 Å². The Morgan fingerprint density at radius 3 is 2.72 bits per heavy atom. The van der Waals surface area contributed by atoms with Gasteiger partial charge in [0, 0.05) is 6.20 Å². The molecule has 0 N–H and O–H groups in total. The van der Waals surface area contributed by atoms with Crippen LogP contribution in [0, 0.1) is 11.3 Å². The number of carbonyl (C=O) groups is 1. The minimum atomic E-state index is -0.548. The highest BCUT2D eigenvalue weighted by Crippen LogP contribution is 2.16. The molecule has 18 heavy (non-hydrogen) atoms. The van der Waals surface area contributed by atoms with E-state index in [4.69, 9.17) is 10.00 Å². The Bertz CT molecular complexity index is 644. The number of nitrogens with zero attached hydrogens (tertiary/aromatic N) is 3. The third kappa shape index (κ3) is 2.33. The molecule has 92 valence electrons. The van der Waals surface area contributed by atoms with Gasteiger partial charge in [-0.05, 0) is 39.0 Å². The molecule has 0 aliphatic heterocycles. The highest BCUT2D eigenvalue weighted by molar-refractivity contribution is 5.87. The molecule has 0 saturated heterocycles. The number of ether oxygens (including phenoxy) is 1. The Morgan fingerprint density at radius 1 is 1.39 bits per heavy atom. The number of pyridine rings is 1. The summed E-state index contributed by atoms with van der Waals surface area (Å²) in [7, 11) is 0. The molecule has 5 nitrogen and oxygen atoms in total. The van der Waals surface area contributed by atoms with Gasteiger partial charge in [-0.15, -0.1) is 0 Å². The summed E-state index contributed by atoms with van der Waals surface area (Å²) < 4.78 is 6.66. The molecule has 0 radical (unpaired) electrons. The van der Waals surface area contributed by atoms with Crippen molar-refractivity contribution in [2.24, 2.45) is 0 Å². The van der Waals surface area contributed by atoms with Crippen molar-refractivity contribution in [1.82, 2.24) is 9.55 Å². The predicted molar refractivity (Wildman–Crippen MR) is 66.1 cm³/mol. The van der Waals surface area contributed by atoms with Crippen LogP contribution in [0.15, 0.2) is 24.4 Å². The van der Waals surface area contributed by atoms with Crippen LogP contribution >= 0.6 is 0 Å². The van der Waals surface area contributed by atoms with Gasteiger partial charge in [-0.1, -0.05) is 0 Å². The Kier molecular flexibility index (Phi) is 2.79. The molecular formula is C13H13N3O2. The minimum absolute atomic E-state index is 0.324. The first-order valence-corrected chi connectivity index (χ1v) is 5.52. The number of nitriles is 1. The van der Waals surface area contributed by atoms with E-state index < -0.39 is 11.7 Å². The first-order chi connectivity index (χ1) is 8.40. The molecule has 2 heterocycles. The van der Waals surface area contributed by atoms with E-state index >= 15 is 0 Å². The summed E-state index contributed by atoms with van der Waals surface area (Å²) in [4.78, 5) is 16.0. The summed E-state index contributed by atoms with van der Waals surface area (Å²) in [6.07, 6.45) is 1.14. The van der Waals surface area contributed by atoms with Gasteiger partial charge >= 0.3 is 6.09 Å². The second-order valence-electron chi connectivity index (χ2n) is 4.88. The zero-order chi connectivity index (χ0) is 13.3. The average Bonchev–Trinajstić information content (AvgIpc) is 2.69. The Labute approximate surface area is 105 Å². The van der Waals surface area contributed by atoms with Gasteiger partial charge < -0.3 is 4.74 Å². The van der Waals surface area contributed by atoms with E-state index in [0.29, 0.717) is 16.7 Å². The van der Waals surface area contributed by atoms with Crippen LogP contribution in [-0.2, 0) is 4.74 Å². The largest absolute Gasteiger partial charge is 0.443 e. The molecule has 0 unspecified atom stereocenters. The van der Waals surface area contributed by atoms with Crippen LogP contribution in [0.25, 0.3) is 11.0 Å². The molecule has 0 aromatic carbocycles. The molecule has 0 saturated carbocycles. The third-order valence-electron chi connectivity index (χ3n) is 2.25. The van der Waals surface area contributed by atoms with Crippen molar-refractivity contribution in [1.29, 1.82) is 5.26 Å². The molecule has 0 aliphatic rings. The van der Waals surface area contributed by atoms with Gasteiger partial charge in [-0.2, -0.15) is 5.26 Å². The monoisotopic (exact) mass is 243 g/mol. The fraction of sp³-hybridized carbons (Fsp3) is 0.308. The lowest BCUT2D eigenvalue weighted by Crippen LogP contribution is -2.26. The van der Waals surface area contributed by atoms with E-state index in [1.54, 1.807) is 24.4 Å². The lowest BCUT2D eigenvalue weighted by atomic mass is 10.2. The van der Waals surface area contributed by atoms with Crippen molar-refractivity contribution in [2.75, 3.05) is 0 Å². The van der Waals surface area contributed by atoms with Gasteiger partial charge in [-0.3, -0.25) is 4.57 Å². The standard InChI is InChI=1S/C13H13N3O2/c1-13(2,3)18-12(17)16-7-6-10-11(16)5-4-9(8-14)15-10/h4-7H,1-3H3. The lowest BCUT2D eigenvalue weighted by molar-refractivity contribution is 0.0544. The predicted octanol–water partition coefficient (Wildman–Crippen LogP) is 2.69. The number of hydrogen-bond acceptors (Lipinski definition) is 4. The Balaban J connectivity index is 2.42. The zero-order valence-electron chi connectivity index (χ0n) is 10.5. The van der Waals surface area contributed by atoms with Gasteiger partial charge in [-0.25, -0.2) is 9.78 Å². The number of aromatic nitrogens is 2. The van der Waals surface area contributed by atoms with E-state index in [1.807, 2.05) is 26.8 Å². The topological polar surface area (TPSA) is 67.9 Å². The summed E-state index contributed by atoms with van der Waals surface area (Å²) in [6.45, 7) is 5.42. The van der Waals surface area contributed by atoms with Gasteiger partial charge in [0.05, 0.1) is 11.0 Å². The molecule has 2 rings (SSSR count). The third-order valence-corrected chi connectivity index (χ3v) is 2.25. The number of rotatable bonds is 0. The molecule has 0 amide bonds. The maximum Gasteiger partial charge on any atom is 0.419 e. The smallest absolute Gasteiger partial charge is 0.419 e. The fourth-order valence-corrected chi connectivity index (χ4v) is 1.55. The van der Waals surface area contributed by atoms with Crippen molar-refractivity contribution in [3.63, 3.8) is 0 Å². The van der Waals surface area contributed by atoms with Crippen LogP contribution < -0.4 is 0 Å². The van der Waals surface area contributed by atoms with Crippen molar-refractivity contribution in [3.05, 3.63) is 30.1 Å². The van der Waals surface area contributed by atoms with E-state index in [-0.39, 0.29) is 0 Å². The van der Waals surface area contributed by atoms with Gasteiger partial charge in [0.25, 0.3) is 0 Å². The Hall–Kier alpha value is -2.35. The molecule has 0 aliphatic carbocycles. The first kappa shape index (κ1) is 12.1. The molecule has 5 heteroatoms. The molecule has 0 bridgehead atoms. The fourth-order valence-electron chi connectivity index (χ4n) is 1.55. The van der Waals surface area contributed by atoms with Gasteiger partial charge in [0.2, 0.25) is 0 Å². The maximum absolute atomic E-state index is 11.9. The van der Waals surface area contributed by atoms with Crippen LogP contribution in [-0.4, -0.2) is 21.2 Å². The summed E-state index contributed by atoms with van der Waals surface area (Å²) >= 11 is 0. The summed E-state index contributed by atoms with van der Waals surface area (Å²) in [6, 6.07) is 6.90. The Morgan fingerprint density at radius 2 is 2.11 bits per heavy atom. The van der Waals surface area contributed by atoms with Crippen LogP contribution in [0.4, 0.5) is 4.79 Å². The molecule has 0 atom stereocenters. The summed E-state index contributed by atoms with van der Waals surface area (Å²) in [5, 5.41) is 8.75.